The molecule has 3 rings (SSSR count). The van der Waals surface area contributed by atoms with Crippen molar-refractivity contribution < 1.29 is 13.2 Å². The van der Waals surface area contributed by atoms with Crippen LogP contribution in [0, 0.1) is 24.1 Å². The van der Waals surface area contributed by atoms with Gasteiger partial charge in [0.25, 0.3) is 5.92 Å². The Morgan fingerprint density at radius 1 is 1.26 bits per heavy atom. The molecular weight excluding hydrogens is 355 g/mol. The average Bonchev–Trinajstić information content (AvgIpc) is 2.63. The molecule has 1 aliphatic carbocycles. The van der Waals surface area contributed by atoms with Crippen LogP contribution in [0.1, 0.15) is 30.4 Å². The number of halogens is 3. The lowest BCUT2D eigenvalue weighted by Gasteiger charge is -2.36. The minimum Gasteiger partial charge on any atom is -0.363 e. The van der Waals surface area contributed by atoms with Crippen molar-refractivity contribution in [2.45, 2.75) is 44.2 Å². The predicted molar refractivity (Wildman–Crippen MR) is 97.6 cm³/mol. The molecule has 0 radical (unpaired) electrons. The second kappa shape index (κ2) is 7.45. The summed E-state index contributed by atoms with van der Waals surface area (Å²) in [6.07, 6.45) is 0.388. The zero-order valence-corrected chi connectivity index (χ0v) is 14.8. The molecule has 0 amide bonds. The molecule has 8 heteroatoms. The fourth-order valence-corrected chi connectivity index (χ4v) is 3.08. The van der Waals surface area contributed by atoms with Gasteiger partial charge in [0, 0.05) is 18.2 Å². The fourth-order valence-electron chi connectivity index (χ4n) is 3.08. The van der Waals surface area contributed by atoms with Crippen molar-refractivity contribution in [1.29, 1.82) is 5.26 Å². The van der Waals surface area contributed by atoms with E-state index in [-0.39, 0.29) is 30.0 Å². The van der Waals surface area contributed by atoms with Crippen molar-refractivity contribution in [2.75, 3.05) is 10.6 Å². The summed E-state index contributed by atoms with van der Waals surface area (Å²) in [4.78, 5) is 4.12. The van der Waals surface area contributed by atoms with Crippen LogP contribution in [0.5, 0.6) is 0 Å². The van der Waals surface area contributed by atoms with E-state index in [1.807, 2.05) is 25.1 Å². The lowest BCUT2D eigenvalue weighted by Crippen LogP contribution is -2.55. The number of hydrogen-bond acceptors (Lipinski definition) is 5. The van der Waals surface area contributed by atoms with Crippen molar-refractivity contribution in [3.8, 4) is 6.07 Å². The normalized spacial score (nSPS) is 21.3. The van der Waals surface area contributed by atoms with Gasteiger partial charge in [-0.3, -0.25) is 0 Å². The van der Waals surface area contributed by atoms with Crippen LogP contribution in [0.15, 0.2) is 30.3 Å². The maximum Gasteiger partial charge on any atom is 0.264 e. The maximum absolute atomic E-state index is 14.4. The number of pyridine rings is 1. The molecule has 27 heavy (non-hydrogen) atoms. The summed E-state index contributed by atoms with van der Waals surface area (Å²) < 4.78 is 42.0. The number of benzene rings is 1. The van der Waals surface area contributed by atoms with Gasteiger partial charge in [0.2, 0.25) is 0 Å². The molecule has 2 aromatic rings. The Bertz CT molecular complexity index is 861. The van der Waals surface area contributed by atoms with E-state index in [4.69, 9.17) is 5.73 Å². The van der Waals surface area contributed by atoms with E-state index >= 15 is 0 Å². The second-order valence-corrected chi connectivity index (χ2v) is 6.75. The largest absolute Gasteiger partial charge is 0.363 e. The number of hydrogen-bond donors (Lipinski definition) is 3. The predicted octanol–water partition coefficient (Wildman–Crippen LogP) is 4.07. The van der Waals surface area contributed by atoms with Crippen LogP contribution in [-0.2, 0) is 0 Å². The van der Waals surface area contributed by atoms with Crippen molar-refractivity contribution in [1.82, 2.24) is 4.98 Å². The van der Waals surface area contributed by atoms with Crippen LogP contribution in [0.3, 0.4) is 0 Å². The van der Waals surface area contributed by atoms with Gasteiger partial charge >= 0.3 is 0 Å². The first kappa shape index (κ1) is 19.0. The third kappa shape index (κ3) is 4.14. The first-order valence-electron chi connectivity index (χ1n) is 8.64. The molecule has 1 saturated carbocycles. The van der Waals surface area contributed by atoms with Gasteiger partial charge in [0.1, 0.15) is 6.07 Å². The summed E-state index contributed by atoms with van der Waals surface area (Å²) >= 11 is 0. The van der Waals surface area contributed by atoms with Gasteiger partial charge in [-0.1, -0.05) is 17.7 Å². The van der Waals surface area contributed by atoms with Crippen molar-refractivity contribution in [3.63, 3.8) is 0 Å². The summed E-state index contributed by atoms with van der Waals surface area (Å²) in [6.45, 7) is 1.94. The molecular formula is C19H20F3N5. The molecule has 1 aliphatic rings. The van der Waals surface area contributed by atoms with Gasteiger partial charge in [-0.05, 0) is 38.0 Å². The highest BCUT2D eigenvalue weighted by atomic mass is 19.3. The van der Waals surface area contributed by atoms with Crippen molar-refractivity contribution in [2.24, 2.45) is 5.73 Å². The minimum absolute atomic E-state index is 0.0110. The zero-order valence-electron chi connectivity index (χ0n) is 14.8. The molecule has 0 saturated heterocycles. The van der Waals surface area contributed by atoms with E-state index in [0.717, 1.165) is 11.6 Å². The number of aromatic nitrogens is 1. The number of alkyl halides is 2. The molecule has 1 aromatic heterocycles. The molecule has 0 unspecified atom stereocenters. The minimum atomic E-state index is -3.01. The molecule has 2 atom stereocenters. The number of nitrogens with one attached hydrogen (secondary N) is 2. The highest BCUT2D eigenvalue weighted by Gasteiger charge is 2.45. The number of rotatable bonds is 4. The van der Waals surface area contributed by atoms with Crippen LogP contribution in [-0.4, -0.2) is 23.0 Å². The molecule has 5 nitrogen and oxygen atoms in total. The standard InChI is InChI=1S/C19H20F3N5/c1-11-4-6-13(7-5-11)25-17-12(10-23)9-14(20)18(27-17)26-15-3-2-8-19(21,22)16(15)24/h4-7,9,15-16H,2-3,8,24H2,1H3,(H2,25,26,27)/t15-,16-/m1/s1. The van der Waals surface area contributed by atoms with Gasteiger partial charge < -0.3 is 16.4 Å². The fraction of sp³-hybridized carbons (Fsp3) is 0.368. The third-order valence-electron chi connectivity index (χ3n) is 4.68. The van der Waals surface area contributed by atoms with Gasteiger partial charge in [-0.15, -0.1) is 0 Å². The van der Waals surface area contributed by atoms with E-state index in [1.165, 1.54) is 0 Å². The Hall–Kier alpha value is -2.79. The monoisotopic (exact) mass is 375 g/mol. The number of anilines is 3. The number of nitrogens with two attached hydrogens (primary N) is 1. The van der Waals surface area contributed by atoms with Gasteiger partial charge in [0.15, 0.2) is 17.5 Å². The first-order valence-corrected chi connectivity index (χ1v) is 8.64. The first-order chi connectivity index (χ1) is 12.8. The Balaban J connectivity index is 1.87. The Labute approximate surface area is 155 Å². The molecule has 1 heterocycles. The van der Waals surface area contributed by atoms with Gasteiger partial charge in [-0.25, -0.2) is 18.2 Å². The summed E-state index contributed by atoms with van der Waals surface area (Å²) in [5, 5.41) is 14.9. The van der Waals surface area contributed by atoms with Gasteiger partial charge in [-0.2, -0.15) is 5.26 Å². The number of nitrogens with zero attached hydrogens (tertiary/aromatic N) is 2. The van der Waals surface area contributed by atoms with Crippen LogP contribution < -0.4 is 16.4 Å². The topological polar surface area (TPSA) is 86.8 Å². The van der Waals surface area contributed by atoms with E-state index < -0.39 is 23.8 Å². The summed E-state index contributed by atoms with van der Waals surface area (Å²) in [6, 6.07) is 8.01. The van der Waals surface area contributed by atoms with Crippen LogP contribution in [0.2, 0.25) is 0 Å². The highest BCUT2D eigenvalue weighted by Crippen LogP contribution is 2.34. The molecule has 0 spiro atoms. The SMILES string of the molecule is Cc1ccc(Nc2nc(N[C@@H]3CCCC(F)(F)[C@@H]3N)c(F)cc2C#N)cc1. The average molecular weight is 375 g/mol. The van der Waals surface area contributed by atoms with Crippen molar-refractivity contribution in [3.05, 3.63) is 47.3 Å². The smallest absolute Gasteiger partial charge is 0.264 e. The van der Waals surface area contributed by atoms with Crippen LogP contribution >= 0.6 is 0 Å². The zero-order chi connectivity index (χ0) is 19.6. The maximum atomic E-state index is 14.4. The highest BCUT2D eigenvalue weighted by molar-refractivity contribution is 5.65. The molecule has 0 aliphatic heterocycles. The summed E-state index contributed by atoms with van der Waals surface area (Å²) in [7, 11) is 0. The van der Waals surface area contributed by atoms with Crippen molar-refractivity contribution >= 4 is 17.3 Å². The van der Waals surface area contributed by atoms with Crippen LogP contribution in [0.4, 0.5) is 30.5 Å². The van der Waals surface area contributed by atoms with Gasteiger partial charge in [0.05, 0.1) is 11.6 Å². The lowest BCUT2D eigenvalue weighted by atomic mass is 9.87. The van der Waals surface area contributed by atoms with E-state index in [1.54, 1.807) is 12.1 Å². The van der Waals surface area contributed by atoms with E-state index in [9.17, 15) is 18.4 Å². The Morgan fingerprint density at radius 2 is 1.96 bits per heavy atom. The molecule has 1 fully saturated rings. The molecule has 0 bridgehead atoms. The Morgan fingerprint density at radius 3 is 2.63 bits per heavy atom. The van der Waals surface area contributed by atoms with E-state index in [2.05, 4.69) is 15.6 Å². The number of nitriles is 1. The summed E-state index contributed by atoms with van der Waals surface area (Å²) in [5.74, 6) is -3.87. The molecule has 142 valence electrons. The second-order valence-electron chi connectivity index (χ2n) is 6.75. The quantitative estimate of drug-likeness (QED) is 0.750. The lowest BCUT2D eigenvalue weighted by molar-refractivity contribution is -0.0555. The third-order valence-corrected chi connectivity index (χ3v) is 4.68. The van der Waals surface area contributed by atoms with E-state index in [0.29, 0.717) is 12.1 Å². The molecule has 1 aromatic carbocycles. The van der Waals surface area contributed by atoms with Crippen LogP contribution in [0.25, 0.3) is 0 Å². The number of aryl methyl sites for hydroxylation is 1. The molecule has 4 N–H and O–H groups in total. The Kier molecular flexibility index (Phi) is 5.24. The summed E-state index contributed by atoms with van der Waals surface area (Å²) in [5.41, 5.74) is 7.39.